The largest absolute Gasteiger partial charge is 0.444 e. The van der Waals surface area contributed by atoms with Crippen LogP contribution in [0.25, 0.3) is 0 Å². The molecule has 13 rings (SSSR count). The lowest BCUT2D eigenvalue weighted by molar-refractivity contribution is -0.117. The minimum Gasteiger partial charge on any atom is -0.444 e. The highest BCUT2D eigenvalue weighted by atomic mass is 16.6. The Kier molecular flexibility index (Phi) is 29.4. The quantitative estimate of drug-likeness (QED) is 0.141. The van der Waals surface area contributed by atoms with E-state index in [1.165, 1.54) is 97.4 Å². The average molecular weight is 1630 g/mol. The summed E-state index contributed by atoms with van der Waals surface area (Å²) in [5.41, 5.74) is 22.5. The SMILES string of the molecule is CC(=O)N1CCC2(CCN(C(=O)OC(C)(C)C)CC2)c2ccc(C(C)(C)C)cc21.CC(=O)N1CCc2ccc(C(C)(C)C)cc21.CC(C)(C)OC(=O)N1CCC(C)(C)c2ccc(C(C)(C)C)cc21.CC(C)(C)OC(=O)N1CCCc2ccc(C(C)(C)C)cc21.CC(C)(C)c1ccc2c(c1)NCCC2.CC(C)(C)c1ccc2c(c1)NCCC2(C)C. The molecule has 1 fully saturated rings. The van der Waals surface area contributed by atoms with E-state index in [-0.39, 0.29) is 73.4 Å². The van der Waals surface area contributed by atoms with E-state index in [2.05, 4.69) is 272 Å². The number of ether oxygens (including phenoxy) is 3. The van der Waals surface area contributed by atoms with Gasteiger partial charge in [-0.2, -0.15) is 0 Å². The Morgan fingerprint density at radius 2 is 0.647 bits per heavy atom. The van der Waals surface area contributed by atoms with Gasteiger partial charge in [-0.25, -0.2) is 14.4 Å². The van der Waals surface area contributed by atoms with E-state index < -0.39 is 16.8 Å². The predicted molar refractivity (Wildman–Crippen MR) is 500 cm³/mol. The fourth-order valence-electron chi connectivity index (χ4n) is 16.5. The number of amides is 5. The molecule has 0 unspecified atom stereocenters. The minimum atomic E-state index is -0.480. The Morgan fingerprint density at radius 1 is 0.311 bits per heavy atom. The number of carbonyl (C=O) groups is 5. The van der Waals surface area contributed by atoms with Crippen LogP contribution in [0, 0.1) is 0 Å². The van der Waals surface area contributed by atoms with Gasteiger partial charge in [0.2, 0.25) is 11.8 Å². The Bertz CT molecular complexity index is 4560. The number of hydrogen-bond acceptors (Lipinski definition) is 10. The molecule has 7 aliphatic rings. The zero-order valence-electron chi connectivity index (χ0n) is 80.1. The van der Waals surface area contributed by atoms with Crippen molar-refractivity contribution in [2.45, 2.75) is 358 Å². The maximum absolute atomic E-state index is 12.7. The average Bonchev–Trinajstić information content (AvgIpc) is 1.36. The first kappa shape index (κ1) is 96.1. The Morgan fingerprint density at radius 3 is 1.11 bits per heavy atom. The molecular weight excluding hydrogens is 1480 g/mol. The van der Waals surface area contributed by atoms with Crippen LogP contribution in [0.15, 0.2) is 109 Å². The molecule has 2 N–H and O–H groups in total. The molecule has 7 aliphatic heterocycles. The summed E-state index contributed by atoms with van der Waals surface area (Å²) in [6, 6.07) is 40.0. The molecule has 6 aromatic rings. The fraction of sp³-hybridized carbons (Fsp3) is 0.606. The van der Waals surface area contributed by atoms with Crippen LogP contribution in [-0.2, 0) is 91.8 Å². The molecule has 1 saturated heterocycles. The third kappa shape index (κ3) is 25.4. The van der Waals surface area contributed by atoms with Gasteiger partial charge in [-0.05, 0) is 273 Å². The van der Waals surface area contributed by atoms with Crippen LogP contribution in [0.3, 0.4) is 0 Å². The number of carbonyl (C=O) groups excluding carboxylic acids is 5. The van der Waals surface area contributed by atoms with E-state index in [4.69, 9.17) is 14.2 Å². The van der Waals surface area contributed by atoms with E-state index in [9.17, 15) is 24.0 Å². The first-order valence-electron chi connectivity index (χ1n) is 44.4. The lowest BCUT2D eigenvalue weighted by atomic mass is 9.67. The van der Waals surface area contributed by atoms with Crippen molar-refractivity contribution in [1.29, 1.82) is 0 Å². The Hall–Kier alpha value is -8.33. The number of aryl methyl sites for hydroxylation is 2. The monoisotopic (exact) mass is 1630 g/mol. The minimum absolute atomic E-state index is 0.0240. The smallest absolute Gasteiger partial charge is 0.414 e. The van der Waals surface area contributed by atoms with Crippen molar-refractivity contribution in [1.82, 2.24) is 4.90 Å². The van der Waals surface area contributed by atoms with E-state index in [1.54, 1.807) is 23.6 Å². The number of fused-ring (bicyclic) bond motifs is 7. The van der Waals surface area contributed by atoms with Gasteiger partial charge in [-0.1, -0.05) is 225 Å². The maximum atomic E-state index is 12.7. The number of benzene rings is 6. The first-order chi connectivity index (χ1) is 54.5. The van der Waals surface area contributed by atoms with Crippen LogP contribution in [0.2, 0.25) is 0 Å². The van der Waals surface area contributed by atoms with Crippen molar-refractivity contribution in [3.63, 3.8) is 0 Å². The number of hydrogen-bond donors (Lipinski definition) is 2. The normalized spacial score (nSPS) is 17.3. The van der Waals surface area contributed by atoms with Gasteiger partial charge in [0.1, 0.15) is 16.8 Å². The molecule has 0 saturated carbocycles. The summed E-state index contributed by atoms with van der Waals surface area (Å²) in [5, 5.41) is 7.01. The molecule has 7 heterocycles. The molecule has 654 valence electrons. The molecule has 119 heavy (non-hydrogen) atoms. The highest BCUT2D eigenvalue weighted by Crippen LogP contribution is 2.49. The summed E-state index contributed by atoms with van der Waals surface area (Å²) in [7, 11) is 0. The fourth-order valence-corrected chi connectivity index (χ4v) is 16.5. The van der Waals surface area contributed by atoms with Crippen LogP contribution in [0.5, 0.6) is 0 Å². The second-order valence-corrected chi connectivity index (χ2v) is 45.0. The van der Waals surface area contributed by atoms with Gasteiger partial charge in [-0.15, -0.1) is 0 Å². The summed E-state index contributed by atoms with van der Waals surface area (Å²) < 4.78 is 16.7. The number of nitrogens with zero attached hydrogens (tertiary/aromatic N) is 5. The number of rotatable bonds is 0. The van der Waals surface area contributed by atoms with Crippen molar-refractivity contribution < 1.29 is 38.2 Å². The highest BCUT2D eigenvalue weighted by Gasteiger charge is 2.45. The van der Waals surface area contributed by atoms with Crippen molar-refractivity contribution in [2.75, 3.05) is 82.6 Å². The van der Waals surface area contributed by atoms with Gasteiger partial charge in [0.25, 0.3) is 0 Å². The molecule has 0 atom stereocenters. The predicted octanol–water partition coefficient (Wildman–Crippen LogP) is 25.4. The van der Waals surface area contributed by atoms with Crippen LogP contribution in [-0.4, -0.2) is 104 Å². The summed E-state index contributed by atoms with van der Waals surface area (Å²) in [5.74, 6) is 0.239. The topological polar surface area (TPSA) is 153 Å². The number of likely N-dealkylation sites (tertiary alicyclic amines) is 1. The molecule has 1 spiro atoms. The van der Waals surface area contributed by atoms with Crippen molar-refractivity contribution in [3.05, 3.63) is 176 Å². The third-order valence-electron chi connectivity index (χ3n) is 24.3. The maximum Gasteiger partial charge on any atom is 0.414 e. The second-order valence-electron chi connectivity index (χ2n) is 45.0. The number of piperidine rings is 1. The Labute approximate surface area is 720 Å². The number of nitrogens with one attached hydrogen (secondary N) is 2. The van der Waals surface area contributed by atoms with Crippen LogP contribution in [0.4, 0.5) is 48.5 Å². The van der Waals surface area contributed by atoms with Gasteiger partial charge >= 0.3 is 18.3 Å². The summed E-state index contributed by atoms with van der Waals surface area (Å²) >= 11 is 0. The summed E-state index contributed by atoms with van der Waals surface area (Å²) in [6.45, 7) is 76.1. The molecule has 0 radical (unpaired) electrons. The lowest BCUT2D eigenvalue weighted by Gasteiger charge is -2.48. The Balaban J connectivity index is 0.000000181. The van der Waals surface area contributed by atoms with E-state index >= 15 is 0 Å². The molecule has 15 heteroatoms. The van der Waals surface area contributed by atoms with Crippen LogP contribution < -0.4 is 30.2 Å². The van der Waals surface area contributed by atoms with Crippen molar-refractivity contribution in [2.24, 2.45) is 0 Å². The zero-order valence-corrected chi connectivity index (χ0v) is 80.1. The molecule has 0 aliphatic carbocycles. The van der Waals surface area contributed by atoms with Crippen LogP contribution >= 0.6 is 0 Å². The molecule has 5 amide bonds. The third-order valence-corrected chi connectivity index (χ3v) is 24.3. The zero-order chi connectivity index (χ0) is 89.2. The molecular formula is C104H155N7O8. The molecule has 0 bridgehead atoms. The van der Waals surface area contributed by atoms with Crippen LogP contribution in [0.1, 0.15) is 340 Å². The van der Waals surface area contributed by atoms with Crippen molar-refractivity contribution >= 4 is 64.2 Å². The van der Waals surface area contributed by atoms with Gasteiger partial charge in [-0.3, -0.25) is 19.4 Å². The summed E-state index contributed by atoms with van der Waals surface area (Å²) in [4.78, 5) is 70.6. The van der Waals surface area contributed by atoms with Gasteiger partial charge < -0.3 is 39.5 Å². The standard InChI is InChI=1S/C24H36N2O3.C20H31NO2.C18H27NO2.C15H23N.C14H19NO.C13H19N/c1-17(27)26-15-12-24(19-9-8-18(16-20(19)26)22(2,3)4)10-13-25(14-11-24)21(28)29-23(5,6)7;1-18(2,3)14-9-10-15-16(13-14)21(12-11-20(15,7)8)17(22)23-19(4,5)6;1-17(2,3)14-10-9-13-8-7-11-19(15(13)12-14)16(20)21-18(4,5)6;1-14(2,3)11-6-7-12-13(10-11)16-9-8-15(12,4)5;1-10(16)15-8-7-11-5-6-12(9-13(11)15)14(2,3)4;1-13(2,3)11-7-6-10-5-4-8-14-12(10)9-11/h8-9,16H,10-15H2,1-7H3;9-10,13H,11-12H2,1-8H3;9-10,12H,7-8,11H2,1-6H3;6-7,10,16H,8-9H2,1-5H3;5-6,9H,7-8H2,1-4H3;6-7,9,14H,4-5,8H2,1-3H3. The lowest BCUT2D eigenvalue weighted by Crippen LogP contribution is -2.50. The van der Waals surface area contributed by atoms with E-state index in [0.717, 1.165) is 100 Å². The molecule has 6 aromatic carbocycles. The van der Waals surface area contributed by atoms with Gasteiger partial charge in [0.15, 0.2) is 0 Å². The molecule has 0 aromatic heterocycles. The van der Waals surface area contributed by atoms with Gasteiger partial charge in [0.05, 0.1) is 11.4 Å². The first-order valence-corrected chi connectivity index (χ1v) is 44.4. The highest BCUT2D eigenvalue weighted by molar-refractivity contribution is 5.95. The van der Waals surface area contributed by atoms with Gasteiger partial charge in [0, 0.05) is 94.4 Å². The van der Waals surface area contributed by atoms with E-state index in [1.807, 2.05) is 77.0 Å². The number of anilines is 6. The summed E-state index contributed by atoms with van der Waals surface area (Å²) in [6.07, 6.45) is 9.68. The second kappa shape index (κ2) is 36.4. The van der Waals surface area contributed by atoms with Crippen molar-refractivity contribution in [3.8, 4) is 0 Å². The van der Waals surface area contributed by atoms with E-state index in [0.29, 0.717) is 25.0 Å². The molecule has 15 nitrogen and oxygen atoms in total.